The molecule has 2 atom stereocenters. The van der Waals surface area contributed by atoms with E-state index in [9.17, 15) is 15.0 Å². The molecule has 0 heterocycles. The molecule has 2 rings (SSSR count). The van der Waals surface area contributed by atoms with E-state index in [1.165, 1.54) is 0 Å². The fraction of sp³-hybridized carbons (Fsp3) is 0.667. The monoisotopic (exact) mass is 250 g/mol. The van der Waals surface area contributed by atoms with Crippen LogP contribution >= 0.6 is 0 Å². The molecule has 0 saturated heterocycles. The van der Waals surface area contributed by atoms with E-state index in [1.54, 1.807) is 0 Å². The zero-order valence-corrected chi connectivity index (χ0v) is 11.2. The Morgan fingerprint density at radius 3 is 2.72 bits per heavy atom. The van der Waals surface area contributed by atoms with Crippen LogP contribution in [0.25, 0.3) is 0 Å². The number of hydrogen-bond acceptors (Lipinski definition) is 3. The van der Waals surface area contributed by atoms with Crippen molar-refractivity contribution in [1.29, 1.82) is 0 Å². The van der Waals surface area contributed by atoms with Gasteiger partial charge in [-0.05, 0) is 48.3 Å². The Balaban J connectivity index is 2.50. The van der Waals surface area contributed by atoms with Crippen LogP contribution in [0, 0.1) is 11.3 Å². The summed E-state index contributed by atoms with van der Waals surface area (Å²) in [4.78, 5) is 11.9. The largest absolute Gasteiger partial charge is 0.396 e. The number of carbonyl (C=O) groups is 1. The van der Waals surface area contributed by atoms with Gasteiger partial charge in [-0.15, -0.1) is 0 Å². The summed E-state index contributed by atoms with van der Waals surface area (Å²) in [5, 5.41) is 18.9. The molecule has 0 fully saturated rings. The van der Waals surface area contributed by atoms with Crippen molar-refractivity contribution in [1.82, 2.24) is 0 Å². The molecule has 2 N–H and O–H groups in total. The fourth-order valence-electron chi connectivity index (χ4n) is 3.22. The van der Waals surface area contributed by atoms with Crippen LogP contribution < -0.4 is 0 Å². The van der Waals surface area contributed by atoms with Crippen molar-refractivity contribution in [3.63, 3.8) is 0 Å². The Bertz CT molecular complexity index is 419. The summed E-state index contributed by atoms with van der Waals surface area (Å²) >= 11 is 0. The molecule has 2 aliphatic carbocycles. The highest BCUT2D eigenvalue weighted by Crippen LogP contribution is 2.47. The zero-order chi connectivity index (χ0) is 13.3. The normalized spacial score (nSPS) is 33.0. The molecular weight excluding hydrogens is 228 g/mol. The smallest absolute Gasteiger partial charge is 0.158 e. The lowest BCUT2D eigenvalue weighted by Gasteiger charge is -2.35. The van der Waals surface area contributed by atoms with Crippen molar-refractivity contribution in [3.05, 3.63) is 22.8 Å². The lowest BCUT2D eigenvalue weighted by Crippen LogP contribution is -2.27. The molecule has 0 saturated carbocycles. The number of aliphatic hydroxyl groups is 2. The third kappa shape index (κ3) is 2.17. The maximum atomic E-state index is 11.9. The minimum atomic E-state index is -0.0354. The molecule has 18 heavy (non-hydrogen) atoms. The number of hydrogen-bond donors (Lipinski definition) is 2. The molecule has 2 aliphatic rings. The number of rotatable bonds is 2. The van der Waals surface area contributed by atoms with Gasteiger partial charge < -0.3 is 10.2 Å². The highest BCUT2D eigenvalue weighted by Gasteiger charge is 2.37. The van der Waals surface area contributed by atoms with Gasteiger partial charge >= 0.3 is 0 Å². The van der Waals surface area contributed by atoms with Crippen LogP contribution in [0.5, 0.6) is 0 Å². The van der Waals surface area contributed by atoms with E-state index in [0.717, 1.165) is 36.0 Å². The van der Waals surface area contributed by atoms with Crippen LogP contribution in [0.1, 0.15) is 39.5 Å². The van der Waals surface area contributed by atoms with Crippen LogP contribution in [0.3, 0.4) is 0 Å². The molecule has 0 aromatic rings. The van der Waals surface area contributed by atoms with Gasteiger partial charge in [0.15, 0.2) is 5.78 Å². The van der Waals surface area contributed by atoms with Crippen LogP contribution in [0.4, 0.5) is 0 Å². The Morgan fingerprint density at radius 1 is 1.39 bits per heavy atom. The third-order valence-corrected chi connectivity index (χ3v) is 4.68. The predicted octanol–water partition coefficient (Wildman–Crippen LogP) is 1.99. The van der Waals surface area contributed by atoms with Crippen molar-refractivity contribution >= 4 is 5.78 Å². The number of aliphatic hydroxyl groups excluding tert-OH is 2. The van der Waals surface area contributed by atoms with Gasteiger partial charge in [-0.3, -0.25) is 4.79 Å². The minimum Gasteiger partial charge on any atom is -0.396 e. The minimum absolute atomic E-state index is 0.0301. The molecule has 0 radical (unpaired) electrons. The highest BCUT2D eigenvalue weighted by molar-refractivity contribution is 5.97. The van der Waals surface area contributed by atoms with E-state index in [2.05, 4.69) is 6.92 Å². The van der Waals surface area contributed by atoms with Crippen molar-refractivity contribution in [2.45, 2.75) is 39.5 Å². The molecule has 0 aliphatic heterocycles. The van der Waals surface area contributed by atoms with Gasteiger partial charge in [-0.25, -0.2) is 0 Å². The summed E-state index contributed by atoms with van der Waals surface area (Å²) < 4.78 is 0. The van der Waals surface area contributed by atoms with Crippen molar-refractivity contribution in [2.24, 2.45) is 11.3 Å². The molecule has 100 valence electrons. The van der Waals surface area contributed by atoms with Crippen molar-refractivity contribution in [2.75, 3.05) is 13.2 Å². The molecule has 0 amide bonds. The van der Waals surface area contributed by atoms with Gasteiger partial charge in [0.1, 0.15) is 0 Å². The van der Waals surface area contributed by atoms with Gasteiger partial charge in [0.25, 0.3) is 0 Å². The van der Waals surface area contributed by atoms with Crippen LogP contribution in [-0.4, -0.2) is 29.2 Å². The first-order chi connectivity index (χ1) is 8.51. The van der Waals surface area contributed by atoms with Gasteiger partial charge in [0, 0.05) is 18.9 Å². The van der Waals surface area contributed by atoms with Gasteiger partial charge in [0.05, 0.1) is 6.61 Å². The highest BCUT2D eigenvalue weighted by atomic mass is 16.3. The first-order valence-corrected chi connectivity index (χ1v) is 6.68. The average molecular weight is 250 g/mol. The van der Waals surface area contributed by atoms with Crippen LogP contribution in [-0.2, 0) is 4.79 Å². The maximum Gasteiger partial charge on any atom is 0.158 e. The van der Waals surface area contributed by atoms with Crippen LogP contribution in [0.2, 0.25) is 0 Å². The lowest BCUT2D eigenvalue weighted by molar-refractivity contribution is -0.116. The van der Waals surface area contributed by atoms with Crippen molar-refractivity contribution < 1.29 is 15.0 Å². The number of Topliss-reactive ketones (excluding diaryl/α,β-unsaturated/α-hetero) is 1. The lowest BCUT2D eigenvalue weighted by atomic mass is 9.69. The van der Waals surface area contributed by atoms with Gasteiger partial charge in [0.2, 0.25) is 0 Å². The van der Waals surface area contributed by atoms with Gasteiger partial charge in [-0.1, -0.05) is 13.0 Å². The first kappa shape index (κ1) is 13.5. The van der Waals surface area contributed by atoms with E-state index in [-0.39, 0.29) is 30.3 Å². The third-order valence-electron chi connectivity index (χ3n) is 4.68. The molecule has 0 bridgehead atoms. The van der Waals surface area contributed by atoms with E-state index in [4.69, 9.17) is 0 Å². The summed E-state index contributed by atoms with van der Waals surface area (Å²) in [6.45, 7) is 4.12. The maximum absolute atomic E-state index is 11.9. The Labute approximate surface area is 108 Å². The quantitative estimate of drug-likeness (QED) is 0.788. The molecular formula is C15H22O3. The first-order valence-electron chi connectivity index (χ1n) is 6.68. The zero-order valence-electron chi connectivity index (χ0n) is 11.2. The standard InChI is InChI=1S/C15H22O3/c1-10-13-7-12(9-17)11(8-16)3-5-15(13,2)6-4-14(10)18/h7,11,16-17H,3-6,8-9H2,1-2H3/t11-,15+/m0/s1. The second-order valence-corrected chi connectivity index (χ2v) is 5.82. The predicted molar refractivity (Wildman–Crippen MR) is 70.0 cm³/mol. The Hall–Kier alpha value is -0.930. The second kappa shape index (κ2) is 4.98. The Kier molecular flexibility index (Phi) is 3.74. The van der Waals surface area contributed by atoms with Crippen molar-refractivity contribution in [3.8, 4) is 0 Å². The number of carbonyl (C=O) groups excluding carboxylic acids is 1. The summed E-state index contributed by atoms with van der Waals surface area (Å²) in [5.41, 5.74) is 2.82. The summed E-state index contributed by atoms with van der Waals surface area (Å²) in [5.74, 6) is 0.256. The molecule has 0 aromatic carbocycles. The van der Waals surface area contributed by atoms with E-state index >= 15 is 0 Å². The van der Waals surface area contributed by atoms with E-state index < -0.39 is 0 Å². The fourth-order valence-corrected chi connectivity index (χ4v) is 3.22. The van der Waals surface area contributed by atoms with E-state index in [0.29, 0.717) is 6.42 Å². The summed E-state index contributed by atoms with van der Waals surface area (Å²) in [6, 6.07) is 0. The summed E-state index contributed by atoms with van der Waals surface area (Å²) in [7, 11) is 0. The number of allylic oxidation sites excluding steroid dienone is 3. The topological polar surface area (TPSA) is 57.5 Å². The molecule has 3 nitrogen and oxygen atoms in total. The molecule has 0 spiro atoms. The molecule has 0 aromatic heterocycles. The number of fused-ring (bicyclic) bond motifs is 1. The van der Waals surface area contributed by atoms with Crippen LogP contribution in [0.15, 0.2) is 22.8 Å². The molecule has 0 unspecified atom stereocenters. The average Bonchev–Trinajstić information content (AvgIpc) is 2.51. The SMILES string of the molecule is CC1=C2C=C(CO)[C@H](CO)CC[C@]2(C)CCC1=O. The Morgan fingerprint density at radius 2 is 2.11 bits per heavy atom. The van der Waals surface area contributed by atoms with Gasteiger partial charge in [-0.2, -0.15) is 0 Å². The summed E-state index contributed by atoms with van der Waals surface area (Å²) in [6.07, 6.45) is 5.33. The second-order valence-electron chi connectivity index (χ2n) is 5.82. The van der Waals surface area contributed by atoms with E-state index in [1.807, 2.05) is 13.0 Å². The number of ketones is 1. The molecule has 3 heteroatoms.